The Morgan fingerprint density at radius 1 is 1.38 bits per heavy atom. The summed E-state index contributed by atoms with van der Waals surface area (Å²) >= 11 is 0. The Hall–Kier alpha value is -1.68. The van der Waals surface area contributed by atoms with Gasteiger partial charge in [-0.3, -0.25) is 4.98 Å². The van der Waals surface area contributed by atoms with Gasteiger partial charge in [-0.1, -0.05) is 6.07 Å². The molecule has 2 heterocycles. The monoisotopic (exact) mass is 216 g/mol. The standard InChI is InChI=1S/C12H16N4/c1-10(11-4-3-5-13-6-11)15-8-12-7-14-9-16(12)2/h3-7,9-10,15H,8H2,1-2H3. The van der Waals surface area contributed by atoms with E-state index in [1.165, 1.54) is 11.3 Å². The summed E-state index contributed by atoms with van der Waals surface area (Å²) in [6, 6.07) is 4.33. The van der Waals surface area contributed by atoms with E-state index >= 15 is 0 Å². The van der Waals surface area contributed by atoms with Crippen molar-refractivity contribution in [1.82, 2.24) is 19.9 Å². The fourth-order valence-electron chi connectivity index (χ4n) is 1.56. The highest BCUT2D eigenvalue weighted by Crippen LogP contribution is 2.10. The number of rotatable bonds is 4. The number of imidazole rings is 1. The fraction of sp³-hybridized carbons (Fsp3) is 0.333. The van der Waals surface area contributed by atoms with Gasteiger partial charge in [0.25, 0.3) is 0 Å². The molecule has 0 radical (unpaired) electrons. The highest BCUT2D eigenvalue weighted by molar-refractivity contribution is 5.13. The number of pyridine rings is 1. The molecule has 0 saturated carbocycles. The fourth-order valence-corrected chi connectivity index (χ4v) is 1.56. The molecule has 4 nitrogen and oxygen atoms in total. The molecule has 0 saturated heterocycles. The van der Waals surface area contributed by atoms with Crippen LogP contribution in [-0.4, -0.2) is 14.5 Å². The van der Waals surface area contributed by atoms with E-state index in [9.17, 15) is 0 Å². The van der Waals surface area contributed by atoms with E-state index in [1.807, 2.05) is 36.4 Å². The Kier molecular flexibility index (Phi) is 3.31. The van der Waals surface area contributed by atoms with Gasteiger partial charge in [0.15, 0.2) is 0 Å². The van der Waals surface area contributed by atoms with Gasteiger partial charge < -0.3 is 9.88 Å². The number of hydrogen-bond donors (Lipinski definition) is 1. The summed E-state index contributed by atoms with van der Waals surface area (Å²) < 4.78 is 2.02. The van der Waals surface area contributed by atoms with Crippen molar-refractivity contribution in [3.05, 3.63) is 48.3 Å². The Bertz CT molecular complexity index is 435. The van der Waals surface area contributed by atoms with Crippen LogP contribution in [0.25, 0.3) is 0 Å². The average molecular weight is 216 g/mol. The first-order valence-electron chi connectivity index (χ1n) is 5.36. The van der Waals surface area contributed by atoms with Crippen LogP contribution in [0.2, 0.25) is 0 Å². The van der Waals surface area contributed by atoms with Crippen molar-refractivity contribution in [2.75, 3.05) is 0 Å². The van der Waals surface area contributed by atoms with Crippen molar-refractivity contribution in [1.29, 1.82) is 0 Å². The first kappa shape index (κ1) is 10.8. The molecule has 84 valence electrons. The van der Waals surface area contributed by atoms with E-state index in [-0.39, 0.29) is 0 Å². The lowest BCUT2D eigenvalue weighted by Gasteiger charge is -2.13. The van der Waals surface area contributed by atoms with Crippen LogP contribution >= 0.6 is 0 Å². The lowest BCUT2D eigenvalue weighted by Crippen LogP contribution is -2.19. The zero-order valence-corrected chi connectivity index (χ0v) is 9.59. The molecule has 0 aromatic carbocycles. The van der Waals surface area contributed by atoms with Crippen molar-refractivity contribution in [2.24, 2.45) is 7.05 Å². The molecule has 2 aromatic heterocycles. The third-order valence-electron chi connectivity index (χ3n) is 2.69. The third-order valence-corrected chi connectivity index (χ3v) is 2.69. The van der Waals surface area contributed by atoms with Crippen molar-refractivity contribution < 1.29 is 0 Å². The maximum atomic E-state index is 4.11. The molecule has 2 aromatic rings. The van der Waals surface area contributed by atoms with Gasteiger partial charge in [0.05, 0.1) is 12.0 Å². The lowest BCUT2D eigenvalue weighted by molar-refractivity contribution is 0.556. The van der Waals surface area contributed by atoms with E-state index in [1.54, 1.807) is 6.20 Å². The SMILES string of the molecule is CC(NCc1cncn1C)c1cccnc1. The van der Waals surface area contributed by atoms with Crippen LogP contribution < -0.4 is 5.32 Å². The highest BCUT2D eigenvalue weighted by atomic mass is 15.0. The van der Waals surface area contributed by atoms with Crippen molar-refractivity contribution in [3.63, 3.8) is 0 Å². The Morgan fingerprint density at radius 2 is 2.25 bits per heavy atom. The molecule has 0 aliphatic heterocycles. The van der Waals surface area contributed by atoms with Gasteiger partial charge in [-0.25, -0.2) is 4.98 Å². The number of aryl methyl sites for hydroxylation is 1. The molecule has 0 aliphatic carbocycles. The quantitative estimate of drug-likeness (QED) is 0.845. The van der Waals surface area contributed by atoms with Crippen molar-refractivity contribution >= 4 is 0 Å². The Morgan fingerprint density at radius 3 is 2.88 bits per heavy atom. The summed E-state index contributed by atoms with van der Waals surface area (Å²) in [5.74, 6) is 0. The van der Waals surface area contributed by atoms with E-state index < -0.39 is 0 Å². The minimum atomic E-state index is 0.295. The molecule has 1 unspecified atom stereocenters. The summed E-state index contributed by atoms with van der Waals surface area (Å²) in [4.78, 5) is 8.19. The van der Waals surface area contributed by atoms with Gasteiger partial charge in [-0.2, -0.15) is 0 Å². The molecule has 0 spiro atoms. The minimum Gasteiger partial charge on any atom is -0.337 e. The number of hydrogen-bond acceptors (Lipinski definition) is 3. The van der Waals surface area contributed by atoms with Gasteiger partial charge in [0.2, 0.25) is 0 Å². The van der Waals surface area contributed by atoms with Crippen molar-refractivity contribution in [3.8, 4) is 0 Å². The molecule has 2 rings (SSSR count). The van der Waals surface area contributed by atoms with Crippen LogP contribution in [0.1, 0.15) is 24.2 Å². The van der Waals surface area contributed by atoms with Crippen LogP contribution in [-0.2, 0) is 13.6 Å². The maximum Gasteiger partial charge on any atom is 0.0945 e. The van der Waals surface area contributed by atoms with Gasteiger partial charge in [-0.05, 0) is 18.6 Å². The molecular formula is C12H16N4. The number of nitrogens with one attached hydrogen (secondary N) is 1. The zero-order valence-electron chi connectivity index (χ0n) is 9.59. The number of aromatic nitrogens is 3. The van der Waals surface area contributed by atoms with E-state index in [0.717, 1.165) is 6.54 Å². The first-order chi connectivity index (χ1) is 7.77. The second-order valence-electron chi connectivity index (χ2n) is 3.88. The molecule has 16 heavy (non-hydrogen) atoms. The molecule has 4 heteroatoms. The summed E-state index contributed by atoms with van der Waals surface area (Å²) in [5, 5.41) is 3.44. The molecule has 1 atom stereocenters. The summed E-state index contributed by atoms with van der Waals surface area (Å²) in [5.41, 5.74) is 2.38. The van der Waals surface area contributed by atoms with Crippen molar-refractivity contribution in [2.45, 2.75) is 19.5 Å². The largest absolute Gasteiger partial charge is 0.337 e. The van der Waals surface area contributed by atoms with Gasteiger partial charge in [-0.15, -0.1) is 0 Å². The smallest absolute Gasteiger partial charge is 0.0945 e. The Labute approximate surface area is 95.4 Å². The van der Waals surface area contributed by atoms with Gasteiger partial charge in [0.1, 0.15) is 0 Å². The summed E-state index contributed by atoms with van der Waals surface area (Å²) in [6.45, 7) is 2.94. The minimum absolute atomic E-state index is 0.295. The number of nitrogens with zero attached hydrogens (tertiary/aromatic N) is 3. The van der Waals surface area contributed by atoms with Gasteiger partial charge >= 0.3 is 0 Å². The van der Waals surface area contributed by atoms with E-state index in [4.69, 9.17) is 0 Å². The highest BCUT2D eigenvalue weighted by Gasteiger charge is 2.05. The second-order valence-corrected chi connectivity index (χ2v) is 3.88. The maximum absolute atomic E-state index is 4.11. The van der Waals surface area contributed by atoms with E-state index in [2.05, 4.69) is 28.3 Å². The molecule has 0 bridgehead atoms. The first-order valence-corrected chi connectivity index (χ1v) is 5.36. The van der Waals surface area contributed by atoms with E-state index in [0.29, 0.717) is 6.04 Å². The van der Waals surface area contributed by atoms with Crippen LogP contribution in [0.5, 0.6) is 0 Å². The lowest BCUT2D eigenvalue weighted by atomic mass is 10.1. The molecule has 0 fully saturated rings. The third kappa shape index (κ3) is 2.46. The molecule has 0 aliphatic rings. The average Bonchev–Trinajstić information content (AvgIpc) is 2.73. The van der Waals surface area contributed by atoms with Crippen LogP contribution in [0.3, 0.4) is 0 Å². The molecule has 0 amide bonds. The molecule has 1 N–H and O–H groups in total. The molecular weight excluding hydrogens is 200 g/mol. The normalized spacial score (nSPS) is 12.6. The zero-order chi connectivity index (χ0) is 11.4. The predicted octanol–water partition coefficient (Wildman–Crippen LogP) is 1.67. The topological polar surface area (TPSA) is 42.7 Å². The van der Waals surface area contributed by atoms with Crippen LogP contribution in [0, 0.1) is 0 Å². The summed E-state index contributed by atoms with van der Waals surface area (Å²) in [6.07, 6.45) is 7.37. The predicted molar refractivity (Wildman–Crippen MR) is 62.7 cm³/mol. The van der Waals surface area contributed by atoms with Crippen LogP contribution in [0.4, 0.5) is 0 Å². The summed E-state index contributed by atoms with van der Waals surface area (Å²) in [7, 11) is 2.00. The second kappa shape index (κ2) is 4.90. The van der Waals surface area contributed by atoms with Gasteiger partial charge in [0, 0.05) is 38.2 Å². The Balaban J connectivity index is 1.94. The van der Waals surface area contributed by atoms with Crippen LogP contribution in [0.15, 0.2) is 37.1 Å².